The van der Waals surface area contributed by atoms with Crippen molar-refractivity contribution >= 4 is 17.5 Å². The van der Waals surface area contributed by atoms with Gasteiger partial charge in [0.25, 0.3) is 5.91 Å². The van der Waals surface area contributed by atoms with Crippen LogP contribution in [0.3, 0.4) is 0 Å². The van der Waals surface area contributed by atoms with E-state index in [0.29, 0.717) is 25.2 Å². The summed E-state index contributed by atoms with van der Waals surface area (Å²) in [5.74, 6) is -0.116. The maximum atomic E-state index is 12.2. The van der Waals surface area contributed by atoms with Gasteiger partial charge in [-0.25, -0.2) is 0 Å². The summed E-state index contributed by atoms with van der Waals surface area (Å²) < 4.78 is 0. The van der Waals surface area contributed by atoms with Gasteiger partial charge in [-0.05, 0) is 32.0 Å². The van der Waals surface area contributed by atoms with Gasteiger partial charge in [-0.2, -0.15) is 0 Å². The van der Waals surface area contributed by atoms with Gasteiger partial charge in [0.05, 0.1) is 6.54 Å². The van der Waals surface area contributed by atoms with Crippen molar-refractivity contribution in [3.05, 3.63) is 42.5 Å². The van der Waals surface area contributed by atoms with E-state index in [0.717, 1.165) is 5.69 Å². The molecule has 0 radical (unpaired) electrons. The Labute approximate surface area is 126 Å². The normalized spacial score (nSPS) is 9.81. The van der Waals surface area contributed by atoms with Crippen LogP contribution in [0, 0.1) is 0 Å². The number of nitrogens with one attached hydrogen (secondary N) is 2. The summed E-state index contributed by atoms with van der Waals surface area (Å²) >= 11 is 0. The van der Waals surface area contributed by atoms with E-state index in [4.69, 9.17) is 0 Å². The number of hydrogen-bond donors (Lipinski definition) is 2. The average molecular weight is 289 g/mol. The van der Waals surface area contributed by atoms with E-state index >= 15 is 0 Å². The zero-order valence-electron chi connectivity index (χ0n) is 12.7. The first kappa shape index (κ1) is 16.8. The lowest BCUT2D eigenvalue weighted by Gasteiger charge is -2.19. The third-order valence-electron chi connectivity index (χ3n) is 3.06. The molecule has 0 saturated heterocycles. The lowest BCUT2D eigenvalue weighted by atomic mass is 10.1. The maximum Gasteiger partial charge on any atom is 0.253 e. The van der Waals surface area contributed by atoms with Crippen molar-refractivity contribution in [1.29, 1.82) is 0 Å². The van der Waals surface area contributed by atoms with E-state index in [2.05, 4.69) is 17.2 Å². The highest BCUT2D eigenvalue weighted by Crippen LogP contribution is 2.12. The van der Waals surface area contributed by atoms with E-state index < -0.39 is 0 Å². The quantitative estimate of drug-likeness (QED) is 0.718. The second-order valence-corrected chi connectivity index (χ2v) is 4.50. The largest absolute Gasteiger partial charge is 0.376 e. The summed E-state index contributed by atoms with van der Waals surface area (Å²) in [6.07, 6.45) is 1.63. The van der Waals surface area contributed by atoms with Gasteiger partial charge >= 0.3 is 0 Å². The smallest absolute Gasteiger partial charge is 0.253 e. The molecule has 1 rings (SSSR count). The molecular weight excluding hydrogens is 266 g/mol. The standard InChI is InChI=1S/C16H23N3O2/c1-4-10-17-15(20)12-18-14-9-7-8-13(11-14)16(21)19(5-2)6-3/h4,7-9,11,18H,1,5-6,10,12H2,2-3H3,(H,17,20). The Bertz CT molecular complexity index is 496. The monoisotopic (exact) mass is 289 g/mol. The lowest BCUT2D eigenvalue weighted by molar-refractivity contribution is -0.119. The topological polar surface area (TPSA) is 61.4 Å². The van der Waals surface area contributed by atoms with Crippen molar-refractivity contribution in [2.75, 3.05) is 31.5 Å². The fourth-order valence-corrected chi connectivity index (χ4v) is 1.89. The van der Waals surface area contributed by atoms with Crippen LogP contribution in [0.1, 0.15) is 24.2 Å². The van der Waals surface area contributed by atoms with Gasteiger partial charge in [-0.1, -0.05) is 12.1 Å². The number of carbonyl (C=O) groups excluding carboxylic acids is 2. The Morgan fingerprint density at radius 3 is 2.62 bits per heavy atom. The molecule has 1 aromatic carbocycles. The van der Waals surface area contributed by atoms with E-state index in [9.17, 15) is 9.59 Å². The second-order valence-electron chi connectivity index (χ2n) is 4.50. The first-order valence-electron chi connectivity index (χ1n) is 7.13. The van der Waals surface area contributed by atoms with Crippen LogP contribution in [0.4, 0.5) is 5.69 Å². The van der Waals surface area contributed by atoms with Crippen LogP contribution < -0.4 is 10.6 Å². The maximum absolute atomic E-state index is 12.2. The molecule has 0 atom stereocenters. The predicted molar refractivity (Wildman–Crippen MR) is 85.4 cm³/mol. The van der Waals surface area contributed by atoms with Gasteiger partial charge in [0.15, 0.2) is 0 Å². The van der Waals surface area contributed by atoms with Crippen LogP contribution in [-0.4, -0.2) is 42.9 Å². The van der Waals surface area contributed by atoms with Gasteiger partial charge in [-0.3, -0.25) is 9.59 Å². The molecule has 0 unspecified atom stereocenters. The highest BCUT2D eigenvalue weighted by Gasteiger charge is 2.12. The van der Waals surface area contributed by atoms with E-state index in [-0.39, 0.29) is 18.4 Å². The van der Waals surface area contributed by atoms with Crippen LogP contribution in [0.15, 0.2) is 36.9 Å². The van der Waals surface area contributed by atoms with Crippen LogP contribution in [0.5, 0.6) is 0 Å². The SMILES string of the molecule is C=CCNC(=O)CNc1cccc(C(=O)N(CC)CC)c1. The minimum atomic E-state index is -0.115. The Kier molecular flexibility index (Phi) is 7.01. The van der Waals surface area contributed by atoms with Gasteiger partial charge in [-0.15, -0.1) is 6.58 Å². The summed E-state index contributed by atoms with van der Waals surface area (Å²) in [5.41, 5.74) is 1.37. The first-order valence-corrected chi connectivity index (χ1v) is 7.13. The van der Waals surface area contributed by atoms with Gasteiger partial charge in [0, 0.05) is 30.9 Å². The molecule has 0 fully saturated rings. The van der Waals surface area contributed by atoms with Crippen molar-refractivity contribution in [2.24, 2.45) is 0 Å². The number of amides is 2. The molecule has 5 nitrogen and oxygen atoms in total. The minimum absolute atomic E-state index is 0.000223. The molecule has 2 N–H and O–H groups in total. The van der Waals surface area contributed by atoms with Crippen LogP contribution in [-0.2, 0) is 4.79 Å². The third kappa shape index (κ3) is 5.30. The molecular formula is C16H23N3O2. The summed E-state index contributed by atoms with van der Waals surface area (Å²) in [4.78, 5) is 25.5. The molecule has 0 aromatic heterocycles. The van der Waals surface area contributed by atoms with Crippen LogP contribution in [0.2, 0.25) is 0 Å². The number of rotatable bonds is 8. The lowest BCUT2D eigenvalue weighted by Crippen LogP contribution is -2.31. The summed E-state index contributed by atoms with van der Waals surface area (Å²) in [5, 5.41) is 5.69. The number of hydrogen-bond acceptors (Lipinski definition) is 3. The van der Waals surface area contributed by atoms with E-state index in [1.807, 2.05) is 19.9 Å². The zero-order chi connectivity index (χ0) is 15.7. The number of anilines is 1. The van der Waals surface area contributed by atoms with Gasteiger partial charge < -0.3 is 15.5 Å². The highest BCUT2D eigenvalue weighted by atomic mass is 16.2. The number of nitrogens with zero attached hydrogens (tertiary/aromatic N) is 1. The first-order chi connectivity index (χ1) is 10.1. The number of carbonyl (C=O) groups is 2. The molecule has 21 heavy (non-hydrogen) atoms. The summed E-state index contributed by atoms with van der Waals surface area (Å²) in [6, 6.07) is 7.19. The highest BCUT2D eigenvalue weighted by molar-refractivity contribution is 5.95. The van der Waals surface area contributed by atoms with Gasteiger partial charge in [0.2, 0.25) is 5.91 Å². The molecule has 0 heterocycles. The van der Waals surface area contributed by atoms with Gasteiger partial charge in [0.1, 0.15) is 0 Å². The molecule has 0 aliphatic rings. The summed E-state index contributed by atoms with van der Waals surface area (Å²) in [6.45, 7) is 9.40. The van der Waals surface area contributed by atoms with Crippen LogP contribution >= 0.6 is 0 Å². The Balaban J connectivity index is 2.66. The molecule has 0 saturated carbocycles. The van der Waals surface area contributed by atoms with Crippen molar-refractivity contribution in [3.8, 4) is 0 Å². The molecule has 114 valence electrons. The summed E-state index contributed by atoms with van der Waals surface area (Å²) in [7, 11) is 0. The van der Waals surface area contributed by atoms with Crippen molar-refractivity contribution in [3.63, 3.8) is 0 Å². The third-order valence-corrected chi connectivity index (χ3v) is 3.06. The van der Waals surface area contributed by atoms with Crippen molar-refractivity contribution < 1.29 is 9.59 Å². The van der Waals surface area contributed by atoms with Crippen molar-refractivity contribution in [1.82, 2.24) is 10.2 Å². The van der Waals surface area contributed by atoms with E-state index in [1.165, 1.54) is 0 Å². The Morgan fingerprint density at radius 2 is 2.00 bits per heavy atom. The zero-order valence-corrected chi connectivity index (χ0v) is 12.7. The Morgan fingerprint density at radius 1 is 1.29 bits per heavy atom. The fourth-order valence-electron chi connectivity index (χ4n) is 1.89. The molecule has 0 spiro atoms. The number of benzene rings is 1. The van der Waals surface area contributed by atoms with E-state index in [1.54, 1.807) is 29.2 Å². The molecule has 0 aliphatic carbocycles. The molecule has 0 aliphatic heterocycles. The molecule has 5 heteroatoms. The minimum Gasteiger partial charge on any atom is -0.376 e. The Hall–Kier alpha value is -2.30. The predicted octanol–water partition coefficient (Wildman–Crippen LogP) is 1.88. The molecule has 1 aromatic rings. The van der Waals surface area contributed by atoms with Crippen LogP contribution in [0.25, 0.3) is 0 Å². The average Bonchev–Trinajstić information content (AvgIpc) is 2.52. The molecule has 0 bridgehead atoms. The molecule has 2 amide bonds. The van der Waals surface area contributed by atoms with Crippen molar-refractivity contribution in [2.45, 2.75) is 13.8 Å². The fraction of sp³-hybridized carbons (Fsp3) is 0.375. The second kappa shape index (κ2) is 8.79.